The summed E-state index contributed by atoms with van der Waals surface area (Å²) in [5, 5.41) is 23.5. The standard InChI is InChI=1S/C40H68N20O8/c41-23(8-3-15-51-37(43)44)31(62)56-25(10-4-16-52-38(45)46)32(63)57-26(11-5-17-53-39(47)48)33(64)58-27(13-14-30(42)61)34(65)60-29(19-21-20-55-24-9-2-1-7-22(21)24)35(66)59-28(36(67)68)12-6-18-54-40(49)50/h1-2,7,9,20,23,25-29,55H,3-6,8,10-19,41H2,(H2,42,61)(H,56,62)(H,57,63)(H,58,64)(H,59,66)(H,60,65)(H,67,68)(H4,43,44,51)(H4,45,46,52)(H4,47,48,53)(H4,49,50,54)/t23-,25-,26-,27-,28-,29-/m0/s1. The molecule has 27 N–H and O–H groups in total. The Morgan fingerprint density at radius 3 is 1.35 bits per heavy atom. The van der Waals surface area contributed by atoms with E-state index < -0.39 is 84.1 Å². The fourth-order valence-corrected chi connectivity index (χ4v) is 6.61. The predicted molar refractivity (Wildman–Crippen MR) is 255 cm³/mol. The Labute approximate surface area is 392 Å². The molecule has 1 heterocycles. The average Bonchev–Trinajstić information content (AvgIpc) is 3.68. The third kappa shape index (κ3) is 21.8. The van der Waals surface area contributed by atoms with Crippen molar-refractivity contribution in [1.29, 1.82) is 0 Å². The van der Waals surface area contributed by atoms with Crippen LogP contribution in [-0.4, -0.2) is 138 Å². The van der Waals surface area contributed by atoms with Crippen molar-refractivity contribution < 1.29 is 38.7 Å². The highest BCUT2D eigenvalue weighted by molar-refractivity contribution is 5.97. The van der Waals surface area contributed by atoms with Gasteiger partial charge >= 0.3 is 5.97 Å². The quantitative estimate of drug-likeness (QED) is 0.0184. The van der Waals surface area contributed by atoms with Crippen LogP contribution in [0, 0.1) is 0 Å². The lowest BCUT2D eigenvalue weighted by Crippen LogP contribution is -2.59. The van der Waals surface area contributed by atoms with Crippen molar-refractivity contribution in [3.05, 3.63) is 36.0 Å². The lowest BCUT2D eigenvalue weighted by molar-refractivity contribution is -0.142. The summed E-state index contributed by atoms with van der Waals surface area (Å²) in [6.07, 6.45) is 1.50. The van der Waals surface area contributed by atoms with Gasteiger partial charge in [-0.3, -0.25) is 48.7 Å². The molecule has 28 heteroatoms. The van der Waals surface area contributed by atoms with E-state index in [9.17, 15) is 38.7 Å². The van der Waals surface area contributed by atoms with Gasteiger partial charge in [0.05, 0.1) is 6.04 Å². The van der Waals surface area contributed by atoms with Crippen LogP contribution in [0.25, 0.3) is 10.9 Å². The number of aromatic nitrogens is 1. The highest BCUT2D eigenvalue weighted by Crippen LogP contribution is 2.20. The number of carboxylic acid groups (broad SMARTS) is 1. The first-order valence-electron chi connectivity index (χ1n) is 21.7. The number of amides is 6. The molecule has 0 radical (unpaired) electrons. The summed E-state index contributed by atoms with van der Waals surface area (Å²) < 4.78 is 0. The minimum Gasteiger partial charge on any atom is -0.480 e. The molecule has 0 unspecified atom stereocenters. The van der Waals surface area contributed by atoms with Gasteiger partial charge < -0.3 is 94.0 Å². The number of hydrogen-bond acceptors (Lipinski definition) is 12. The summed E-state index contributed by atoms with van der Waals surface area (Å²) in [7, 11) is 0. The number of aliphatic imine (C=N–C) groups is 4. The van der Waals surface area contributed by atoms with Gasteiger partial charge in [0.15, 0.2) is 23.8 Å². The third-order valence-electron chi connectivity index (χ3n) is 10.1. The highest BCUT2D eigenvalue weighted by atomic mass is 16.4. The minimum absolute atomic E-state index is 0.0139. The number of rotatable bonds is 32. The molecule has 0 fully saturated rings. The zero-order valence-electron chi connectivity index (χ0n) is 37.8. The van der Waals surface area contributed by atoms with Crippen LogP contribution in [0.3, 0.4) is 0 Å². The molecular weight excluding hydrogens is 889 g/mol. The summed E-state index contributed by atoms with van der Waals surface area (Å²) in [6.45, 7) is 0.394. The Morgan fingerprint density at radius 2 is 0.897 bits per heavy atom. The fourth-order valence-electron chi connectivity index (χ4n) is 6.61. The number of aromatic amines is 1. The van der Waals surface area contributed by atoms with Gasteiger partial charge in [-0.05, 0) is 69.4 Å². The maximum atomic E-state index is 14.2. The molecule has 0 aliphatic rings. The second kappa shape index (κ2) is 29.6. The molecule has 28 nitrogen and oxygen atoms in total. The molecular formula is C40H68N20O8. The van der Waals surface area contributed by atoms with Crippen LogP contribution in [0.5, 0.6) is 0 Å². The summed E-state index contributed by atoms with van der Waals surface area (Å²) in [6, 6.07) is -1.03. The first-order chi connectivity index (χ1) is 32.2. The molecule has 2 rings (SSSR count). The van der Waals surface area contributed by atoms with Gasteiger partial charge in [-0.2, -0.15) is 0 Å². The number of primary amides is 1. The molecule has 1 aromatic heterocycles. The normalized spacial score (nSPS) is 13.4. The number of carbonyl (C=O) groups excluding carboxylic acids is 6. The summed E-state index contributed by atoms with van der Waals surface area (Å²) in [5.74, 6) is -7.23. The zero-order valence-corrected chi connectivity index (χ0v) is 37.8. The lowest BCUT2D eigenvalue weighted by Gasteiger charge is -2.27. The van der Waals surface area contributed by atoms with E-state index in [0.29, 0.717) is 22.9 Å². The molecule has 0 spiro atoms. The molecule has 376 valence electrons. The smallest absolute Gasteiger partial charge is 0.326 e. The van der Waals surface area contributed by atoms with Crippen LogP contribution in [-0.2, 0) is 40.0 Å². The predicted octanol–water partition coefficient (Wildman–Crippen LogP) is -5.97. The molecule has 1 aromatic carbocycles. The van der Waals surface area contributed by atoms with Crippen molar-refractivity contribution >= 4 is 76.2 Å². The minimum atomic E-state index is -1.55. The lowest BCUT2D eigenvalue weighted by atomic mass is 10.0. The van der Waals surface area contributed by atoms with Crippen LogP contribution < -0.4 is 83.9 Å². The number of nitrogens with zero attached hydrogens (tertiary/aromatic N) is 4. The number of guanidine groups is 4. The summed E-state index contributed by atoms with van der Waals surface area (Å²) >= 11 is 0. The fraction of sp³-hybridized carbons (Fsp3) is 0.525. The van der Waals surface area contributed by atoms with Gasteiger partial charge in [0, 0.05) is 56.1 Å². The van der Waals surface area contributed by atoms with Gasteiger partial charge in [0.25, 0.3) is 0 Å². The molecule has 6 atom stereocenters. The Kier molecular flexibility index (Phi) is 24.5. The van der Waals surface area contributed by atoms with Crippen molar-refractivity contribution in [3.8, 4) is 0 Å². The second-order valence-corrected chi connectivity index (χ2v) is 15.6. The van der Waals surface area contributed by atoms with E-state index in [1.165, 1.54) is 0 Å². The number of fused-ring (bicyclic) bond motifs is 1. The van der Waals surface area contributed by atoms with Gasteiger partial charge in [0.1, 0.15) is 30.2 Å². The molecule has 2 aromatic rings. The number of H-pyrrole nitrogens is 1. The van der Waals surface area contributed by atoms with Crippen LogP contribution in [0.1, 0.15) is 69.8 Å². The molecule has 6 amide bonds. The number of aliphatic carboxylic acids is 1. The van der Waals surface area contributed by atoms with Crippen LogP contribution in [0.2, 0.25) is 0 Å². The van der Waals surface area contributed by atoms with Crippen molar-refractivity contribution in [2.75, 3.05) is 26.2 Å². The molecule has 0 saturated heterocycles. The van der Waals surface area contributed by atoms with Crippen molar-refractivity contribution in [3.63, 3.8) is 0 Å². The first kappa shape index (κ1) is 56.2. The average molecular weight is 957 g/mol. The van der Waals surface area contributed by atoms with Crippen molar-refractivity contribution in [1.82, 2.24) is 31.6 Å². The third-order valence-corrected chi connectivity index (χ3v) is 10.1. The SMILES string of the molecule is NC(=O)CC[C@H](NC(=O)[C@H](CCCN=C(N)N)NC(=O)[C@H](CCCN=C(N)N)NC(=O)[C@@H](N)CCCN=C(N)N)C(=O)N[C@@H](Cc1c[nH]c2ccccc12)C(=O)N[C@@H](CCCN=C(N)N)C(=O)O. The number of hydrogen-bond donors (Lipinski definition) is 17. The van der Waals surface area contributed by atoms with Gasteiger partial charge in [-0.25, -0.2) is 4.79 Å². The maximum absolute atomic E-state index is 14.2. The maximum Gasteiger partial charge on any atom is 0.326 e. The Hall–Kier alpha value is -7.91. The Bertz CT molecular complexity index is 2130. The van der Waals surface area contributed by atoms with Crippen molar-refractivity contribution in [2.45, 2.75) is 107 Å². The molecule has 0 bridgehead atoms. The number of benzene rings is 1. The van der Waals surface area contributed by atoms with Crippen LogP contribution in [0.4, 0.5) is 0 Å². The summed E-state index contributed by atoms with van der Waals surface area (Å²) in [5.41, 5.74) is 56.2. The van der Waals surface area contributed by atoms with Crippen LogP contribution >= 0.6 is 0 Å². The number of nitrogens with one attached hydrogen (secondary N) is 6. The highest BCUT2D eigenvalue weighted by Gasteiger charge is 2.33. The Morgan fingerprint density at radius 1 is 0.515 bits per heavy atom. The number of para-hydroxylation sites is 1. The number of carbonyl (C=O) groups is 7. The number of carboxylic acids is 1. The topological polar surface area (TPSA) is 525 Å². The van der Waals surface area contributed by atoms with Gasteiger partial charge in [-0.1, -0.05) is 18.2 Å². The van der Waals surface area contributed by atoms with Crippen LogP contribution in [0.15, 0.2) is 50.4 Å². The van der Waals surface area contributed by atoms with E-state index in [1.807, 2.05) is 0 Å². The largest absolute Gasteiger partial charge is 0.480 e. The van der Waals surface area contributed by atoms with E-state index in [-0.39, 0.29) is 108 Å². The van der Waals surface area contributed by atoms with E-state index >= 15 is 0 Å². The Balaban J connectivity index is 2.48. The second-order valence-electron chi connectivity index (χ2n) is 15.6. The number of nitrogens with two attached hydrogens (primary N) is 10. The molecule has 68 heavy (non-hydrogen) atoms. The zero-order chi connectivity index (χ0) is 50.8. The monoisotopic (exact) mass is 957 g/mol. The first-order valence-corrected chi connectivity index (χ1v) is 21.7. The van der Waals surface area contributed by atoms with E-state index in [1.54, 1.807) is 30.5 Å². The van der Waals surface area contributed by atoms with Gasteiger partial charge in [0.2, 0.25) is 35.4 Å². The van der Waals surface area contributed by atoms with E-state index in [2.05, 4.69) is 51.5 Å². The summed E-state index contributed by atoms with van der Waals surface area (Å²) in [4.78, 5) is 112. The molecule has 0 aliphatic heterocycles. The van der Waals surface area contributed by atoms with Crippen molar-refractivity contribution in [2.24, 2.45) is 77.3 Å². The van der Waals surface area contributed by atoms with E-state index in [0.717, 1.165) is 0 Å². The van der Waals surface area contributed by atoms with E-state index in [4.69, 9.17) is 57.3 Å². The molecule has 0 aliphatic carbocycles. The van der Waals surface area contributed by atoms with Gasteiger partial charge in [-0.15, -0.1) is 0 Å². The molecule has 0 saturated carbocycles.